The van der Waals surface area contributed by atoms with Crippen LogP contribution in [-0.2, 0) is 0 Å². The molecule has 5 nitrogen and oxygen atoms in total. The standard InChI is InChI=1S/C12H17FN4O/c1-2-17(8-7-11(14)15)12(18)16-10-5-3-9(13)4-6-10/h3-6H,2,7-8H2,1H3,(H3,14,15)(H,16,18). The number of hydrogen-bond donors (Lipinski definition) is 3. The van der Waals surface area contributed by atoms with Crippen molar-refractivity contribution in [2.75, 3.05) is 18.4 Å². The molecule has 1 aromatic rings. The summed E-state index contributed by atoms with van der Waals surface area (Å²) >= 11 is 0. The second-order valence-corrected chi connectivity index (χ2v) is 3.79. The lowest BCUT2D eigenvalue weighted by atomic mass is 10.3. The largest absolute Gasteiger partial charge is 0.388 e. The van der Waals surface area contributed by atoms with Crippen LogP contribution in [0.15, 0.2) is 24.3 Å². The summed E-state index contributed by atoms with van der Waals surface area (Å²) in [5.74, 6) is -0.306. The lowest BCUT2D eigenvalue weighted by Crippen LogP contribution is -2.37. The predicted octanol–water partition coefficient (Wildman–Crippen LogP) is 2.01. The number of amidine groups is 1. The van der Waals surface area contributed by atoms with Crippen molar-refractivity contribution in [3.63, 3.8) is 0 Å². The molecule has 0 bridgehead atoms. The fourth-order valence-corrected chi connectivity index (χ4v) is 1.39. The van der Waals surface area contributed by atoms with E-state index in [0.29, 0.717) is 25.2 Å². The number of benzene rings is 1. The van der Waals surface area contributed by atoms with E-state index < -0.39 is 0 Å². The Balaban J connectivity index is 2.56. The molecule has 4 N–H and O–H groups in total. The van der Waals surface area contributed by atoms with E-state index in [1.54, 1.807) is 0 Å². The molecule has 1 rings (SSSR count). The van der Waals surface area contributed by atoms with Gasteiger partial charge in [0.2, 0.25) is 0 Å². The highest BCUT2D eigenvalue weighted by molar-refractivity contribution is 5.89. The van der Waals surface area contributed by atoms with E-state index in [1.165, 1.54) is 29.2 Å². The molecule has 0 aliphatic carbocycles. The smallest absolute Gasteiger partial charge is 0.321 e. The van der Waals surface area contributed by atoms with Crippen molar-refractivity contribution in [3.05, 3.63) is 30.1 Å². The maximum atomic E-state index is 12.7. The van der Waals surface area contributed by atoms with Gasteiger partial charge in [0.15, 0.2) is 0 Å². The summed E-state index contributed by atoms with van der Waals surface area (Å²) in [6.07, 6.45) is 0.338. The highest BCUT2D eigenvalue weighted by atomic mass is 19.1. The monoisotopic (exact) mass is 252 g/mol. The van der Waals surface area contributed by atoms with Crippen molar-refractivity contribution in [1.82, 2.24) is 4.90 Å². The summed E-state index contributed by atoms with van der Waals surface area (Å²) < 4.78 is 12.7. The topological polar surface area (TPSA) is 82.2 Å². The van der Waals surface area contributed by atoms with Gasteiger partial charge >= 0.3 is 6.03 Å². The van der Waals surface area contributed by atoms with Gasteiger partial charge in [0, 0.05) is 25.2 Å². The summed E-state index contributed by atoms with van der Waals surface area (Å²) in [6.45, 7) is 2.74. The summed E-state index contributed by atoms with van der Waals surface area (Å²) in [5, 5.41) is 9.78. The highest BCUT2D eigenvalue weighted by Crippen LogP contribution is 2.09. The molecule has 18 heavy (non-hydrogen) atoms. The maximum Gasteiger partial charge on any atom is 0.321 e. The van der Waals surface area contributed by atoms with Crippen molar-refractivity contribution in [2.45, 2.75) is 13.3 Å². The van der Waals surface area contributed by atoms with Crippen LogP contribution in [0.4, 0.5) is 14.9 Å². The van der Waals surface area contributed by atoms with Crippen LogP contribution in [0.1, 0.15) is 13.3 Å². The molecule has 0 spiro atoms. The zero-order valence-corrected chi connectivity index (χ0v) is 10.2. The molecule has 98 valence electrons. The van der Waals surface area contributed by atoms with Gasteiger partial charge in [-0.2, -0.15) is 0 Å². The van der Waals surface area contributed by atoms with Crippen molar-refractivity contribution in [3.8, 4) is 0 Å². The molecular formula is C12H17FN4O. The van der Waals surface area contributed by atoms with E-state index in [2.05, 4.69) is 5.32 Å². The summed E-state index contributed by atoms with van der Waals surface area (Å²) in [6, 6.07) is 5.26. The van der Waals surface area contributed by atoms with Gasteiger partial charge in [-0.15, -0.1) is 0 Å². The Bertz CT molecular complexity index is 419. The van der Waals surface area contributed by atoms with Crippen molar-refractivity contribution in [2.24, 2.45) is 5.73 Å². The average Bonchev–Trinajstić information content (AvgIpc) is 2.32. The zero-order chi connectivity index (χ0) is 13.5. The number of anilines is 1. The first-order valence-electron chi connectivity index (χ1n) is 5.67. The van der Waals surface area contributed by atoms with E-state index in [-0.39, 0.29) is 17.7 Å². The minimum absolute atomic E-state index is 0.0445. The summed E-state index contributed by atoms with van der Waals surface area (Å²) in [5.41, 5.74) is 5.78. The number of carbonyl (C=O) groups excluding carboxylic acids is 1. The van der Waals surface area contributed by atoms with Crippen LogP contribution in [0.5, 0.6) is 0 Å². The molecule has 0 aliphatic rings. The summed E-state index contributed by atoms with van der Waals surface area (Å²) in [7, 11) is 0. The van der Waals surface area contributed by atoms with Crippen LogP contribution in [0.3, 0.4) is 0 Å². The fourth-order valence-electron chi connectivity index (χ4n) is 1.39. The third-order valence-corrected chi connectivity index (χ3v) is 2.42. The number of rotatable bonds is 5. The number of amides is 2. The quantitative estimate of drug-likeness (QED) is 0.553. The Morgan fingerprint density at radius 2 is 2.06 bits per heavy atom. The number of nitrogens with zero attached hydrogens (tertiary/aromatic N) is 1. The van der Waals surface area contributed by atoms with Crippen molar-refractivity contribution in [1.29, 1.82) is 5.41 Å². The minimum atomic E-state index is -0.350. The number of halogens is 1. The minimum Gasteiger partial charge on any atom is -0.388 e. The van der Waals surface area contributed by atoms with Gasteiger partial charge in [0.25, 0.3) is 0 Å². The van der Waals surface area contributed by atoms with Gasteiger partial charge < -0.3 is 16.0 Å². The predicted molar refractivity (Wildman–Crippen MR) is 69.2 cm³/mol. The van der Waals surface area contributed by atoms with Gasteiger partial charge in [0.05, 0.1) is 5.84 Å². The molecule has 0 atom stereocenters. The fraction of sp³-hybridized carbons (Fsp3) is 0.333. The van der Waals surface area contributed by atoms with Gasteiger partial charge in [0.1, 0.15) is 5.82 Å². The van der Waals surface area contributed by atoms with Gasteiger partial charge in [-0.05, 0) is 31.2 Å². The maximum absolute atomic E-state index is 12.7. The molecule has 0 aromatic heterocycles. The SMILES string of the molecule is CCN(CCC(=N)N)C(=O)Nc1ccc(F)cc1. The molecule has 0 unspecified atom stereocenters. The Morgan fingerprint density at radius 3 is 2.56 bits per heavy atom. The van der Waals surface area contributed by atoms with Crippen LogP contribution < -0.4 is 11.1 Å². The number of nitrogens with two attached hydrogens (primary N) is 1. The Labute approximate surface area is 105 Å². The van der Waals surface area contributed by atoms with E-state index in [0.717, 1.165) is 0 Å². The number of urea groups is 1. The first-order chi connectivity index (χ1) is 8.52. The lowest BCUT2D eigenvalue weighted by Gasteiger charge is -2.21. The Kier molecular flexibility index (Phi) is 5.10. The molecule has 0 saturated heterocycles. The normalized spacial score (nSPS) is 9.89. The van der Waals surface area contributed by atoms with E-state index in [9.17, 15) is 9.18 Å². The molecular weight excluding hydrogens is 235 g/mol. The van der Waals surface area contributed by atoms with Crippen LogP contribution in [0.2, 0.25) is 0 Å². The van der Waals surface area contributed by atoms with Gasteiger partial charge in [-0.1, -0.05) is 0 Å². The van der Waals surface area contributed by atoms with Gasteiger partial charge in [-0.25, -0.2) is 9.18 Å². The molecule has 0 radical (unpaired) electrons. The highest BCUT2D eigenvalue weighted by Gasteiger charge is 2.11. The lowest BCUT2D eigenvalue weighted by molar-refractivity contribution is 0.216. The molecule has 0 fully saturated rings. The second kappa shape index (κ2) is 6.58. The Morgan fingerprint density at radius 1 is 1.44 bits per heavy atom. The molecule has 6 heteroatoms. The Hall–Kier alpha value is -2.11. The zero-order valence-electron chi connectivity index (χ0n) is 10.2. The number of hydrogen-bond acceptors (Lipinski definition) is 2. The molecule has 2 amide bonds. The van der Waals surface area contributed by atoms with Crippen LogP contribution in [0, 0.1) is 11.2 Å². The number of nitrogens with one attached hydrogen (secondary N) is 2. The van der Waals surface area contributed by atoms with E-state index >= 15 is 0 Å². The summed E-state index contributed by atoms with van der Waals surface area (Å²) in [4.78, 5) is 13.4. The van der Waals surface area contributed by atoms with E-state index in [4.69, 9.17) is 11.1 Å². The molecule has 0 saturated carbocycles. The van der Waals surface area contributed by atoms with Gasteiger partial charge in [-0.3, -0.25) is 5.41 Å². The van der Waals surface area contributed by atoms with Crippen LogP contribution in [0.25, 0.3) is 0 Å². The van der Waals surface area contributed by atoms with E-state index in [1.807, 2.05) is 6.92 Å². The van der Waals surface area contributed by atoms with Crippen molar-refractivity contribution >= 4 is 17.6 Å². The van der Waals surface area contributed by atoms with Crippen LogP contribution in [-0.4, -0.2) is 29.9 Å². The molecule has 0 aliphatic heterocycles. The first kappa shape index (κ1) is 14.0. The average molecular weight is 252 g/mol. The van der Waals surface area contributed by atoms with Crippen molar-refractivity contribution < 1.29 is 9.18 Å². The molecule has 0 heterocycles. The third kappa shape index (κ3) is 4.40. The van der Waals surface area contributed by atoms with Crippen LogP contribution >= 0.6 is 0 Å². The molecule has 1 aromatic carbocycles. The first-order valence-corrected chi connectivity index (χ1v) is 5.67. The third-order valence-electron chi connectivity index (χ3n) is 2.42. The number of carbonyl (C=O) groups is 1. The second-order valence-electron chi connectivity index (χ2n) is 3.79.